The molecule has 0 saturated carbocycles. The van der Waals surface area contributed by atoms with Crippen LogP contribution in [0.25, 0.3) is 17.0 Å². The fourth-order valence-electron chi connectivity index (χ4n) is 2.01. The van der Waals surface area contributed by atoms with E-state index >= 15 is 0 Å². The van der Waals surface area contributed by atoms with Crippen LogP contribution in [0.15, 0.2) is 29.0 Å². The van der Waals surface area contributed by atoms with Gasteiger partial charge in [-0.15, -0.1) is 0 Å². The summed E-state index contributed by atoms with van der Waals surface area (Å²) in [6.07, 6.45) is 3.43. The molecule has 0 spiro atoms. The number of pyridine rings is 1. The average Bonchev–Trinajstić information content (AvgIpc) is 3.13. The first kappa shape index (κ1) is 14.2. The molecule has 0 radical (unpaired) electrons. The van der Waals surface area contributed by atoms with Crippen molar-refractivity contribution in [3.05, 3.63) is 36.1 Å². The van der Waals surface area contributed by atoms with Crippen molar-refractivity contribution in [2.24, 2.45) is 0 Å². The van der Waals surface area contributed by atoms with E-state index < -0.39 is 5.97 Å². The summed E-state index contributed by atoms with van der Waals surface area (Å²) in [6, 6.07) is 3.63. The molecule has 0 atom stereocenters. The Morgan fingerprint density at radius 1 is 1.32 bits per heavy atom. The monoisotopic (exact) mass is 300 g/mol. The van der Waals surface area contributed by atoms with E-state index in [0.717, 1.165) is 5.56 Å². The van der Waals surface area contributed by atoms with Crippen molar-refractivity contribution >= 4 is 11.6 Å². The van der Waals surface area contributed by atoms with Crippen LogP contribution in [0, 0.1) is 0 Å². The van der Waals surface area contributed by atoms with Crippen LogP contribution < -0.4 is 0 Å². The van der Waals surface area contributed by atoms with E-state index in [9.17, 15) is 4.79 Å². The summed E-state index contributed by atoms with van der Waals surface area (Å²) in [5, 5.41) is 3.97. The topological polar surface area (TPSA) is 82.5 Å². The van der Waals surface area contributed by atoms with Crippen molar-refractivity contribution in [3.63, 3.8) is 0 Å². The Morgan fingerprint density at radius 2 is 2.14 bits per heavy atom. The maximum absolute atomic E-state index is 11.7. The zero-order chi connectivity index (χ0) is 15.7. The highest BCUT2D eigenvalue weighted by molar-refractivity contribution is 5.88. The van der Waals surface area contributed by atoms with Crippen LogP contribution in [0.2, 0.25) is 0 Å². The van der Waals surface area contributed by atoms with Crippen molar-refractivity contribution < 1.29 is 14.1 Å². The van der Waals surface area contributed by atoms with Crippen LogP contribution in [0.1, 0.15) is 43.1 Å². The van der Waals surface area contributed by atoms with Gasteiger partial charge in [0, 0.05) is 23.9 Å². The molecule has 0 N–H and O–H groups in total. The smallest absolute Gasteiger partial charge is 0.358 e. The second-order valence-corrected chi connectivity index (χ2v) is 5.14. The number of carbonyl (C=O) groups is 1. The molecule has 114 valence electrons. The zero-order valence-corrected chi connectivity index (χ0v) is 12.6. The maximum Gasteiger partial charge on any atom is 0.358 e. The fourth-order valence-corrected chi connectivity index (χ4v) is 2.01. The van der Waals surface area contributed by atoms with Gasteiger partial charge in [0.2, 0.25) is 11.7 Å². The highest BCUT2D eigenvalue weighted by Gasteiger charge is 2.14. The highest BCUT2D eigenvalue weighted by atomic mass is 16.5. The third-order valence-corrected chi connectivity index (χ3v) is 3.13. The van der Waals surface area contributed by atoms with Crippen molar-refractivity contribution in [2.75, 3.05) is 6.61 Å². The first-order chi connectivity index (χ1) is 10.6. The molecule has 7 heteroatoms. The summed E-state index contributed by atoms with van der Waals surface area (Å²) in [7, 11) is 0. The molecule has 0 unspecified atom stereocenters. The number of carbonyl (C=O) groups excluding carboxylic acids is 1. The number of nitrogens with zero attached hydrogens (tertiary/aromatic N) is 4. The van der Waals surface area contributed by atoms with Crippen LogP contribution in [0.3, 0.4) is 0 Å². The molecule has 0 aliphatic heterocycles. The SMILES string of the molecule is CCOC(=O)c1cn2cc(-c3noc(C(C)C)n3)ccc2n1. The second kappa shape index (κ2) is 5.59. The molecule has 0 bridgehead atoms. The van der Waals surface area contributed by atoms with E-state index in [1.807, 2.05) is 19.9 Å². The maximum atomic E-state index is 11.7. The highest BCUT2D eigenvalue weighted by Crippen LogP contribution is 2.20. The number of aromatic nitrogens is 4. The largest absolute Gasteiger partial charge is 0.461 e. The molecule has 0 saturated heterocycles. The molecule has 3 aromatic rings. The lowest BCUT2D eigenvalue weighted by Gasteiger charge is -1.96. The van der Waals surface area contributed by atoms with Gasteiger partial charge in [-0.2, -0.15) is 4.98 Å². The van der Waals surface area contributed by atoms with Crippen molar-refractivity contribution in [3.8, 4) is 11.4 Å². The molecular weight excluding hydrogens is 284 g/mol. The van der Waals surface area contributed by atoms with Gasteiger partial charge in [-0.1, -0.05) is 19.0 Å². The van der Waals surface area contributed by atoms with E-state index in [1.54, 1.807) is 29.8 Å². The van der Waals surface area contributed by atoms with Crippen LogP contribution in [-0.4, -0.2) is 32.1 Å². The van der Waals surface area contributed by atoms with Crippen LogP contribution in [0.5, 0.6) is 0 Å². The molecule has 0 aliphatic rings. The quantitative estimate of drug-likeness (QED) is 0.689. The van der Waals surface area contributed by atoms with Gasteiger partial charge in [-0.25, -0.2) is 9.78 Å². The zero-order valence-electron chi connectivity index (χ0n) is 12.6. The summed E-state index contributed by atoms with van der Waals surface area (Å²) < 4.78 is 11.9. The molecule has 3 rings (SSSR count). The normalized spacial score (nSPS) is 11.3. The first-order valence-corrected chi connectivity index (χ1v) is 7.08. The van der Waals surface area contributed by atoms with Gasteiger partial charge in [0.1, 0.15) is 5.65 Å². The minimum absolute atomic E-state index is 0.175. The Morgan fingerprint density at radius 3 is 2.82 bits per heavy atom. The van der Waals surface area contributed by atoms with E-state index in [4.69, 9.17) is 9.26 Å². The minimum atomic E-state index is -0.436. The average molecular weight is 300 g/mol. The number of hydrogen-bond acceptors (Lipinski definition) is 6. The van der Waals surface area contributed by atoms with E-state index in [0.29, 0.717) is 24.0 Å². The van der Waals surface area contributed by atoms with Gasteiger partial charge in [0.05, 0.1) is 6.61 Å². The minimum Gasteiger partial charge on any atom is -0.461 e. The molecular formula is C15H16N4O3. The standard InChI is InChI=1S/C15H16N4O3/c1-4-21-15(20)11-8-19-7-10(5-6-12(19)16-11)13-17-14(9(2)3)22-18-13/h5-9H,4H2,1-3H3. The van der Waals surface area contributed by atoms with E-state index in [-0.39, 0.29) is 11.6 Å². The van der Waals surface area contributed by atoms with Gasteiger partial charge >= 0.3 is 5.97 Å². The third-order valence-electron chi connectivity index (χ3n) is 3.13. The number of rotatable bonds is 4. The van der Waals surface area contributed by atoms with Crippen molar-refractivity contribution in [1.29, 1.82) is 0 Å². The predicted octanol–water partition coefficient (Wildman–Crippen LogP) is 2.68. The second-order valence-electron chi connectivity index (χ2n) is 5.14. The Kier molecular flexibility index (Phi) is 3.62. The molecule has 22 heavy (non-hydrogen) atoms. The number of esters is 1. The van der Waals surface area contributed by atoms with Crippen molar-refractivity contribution in [2.45, 2.75) is 26.7 Å². The van der Waals surface area contributed by atoms with Gasteiger partial charge in [-0.3, -0.25) is 0 Å². The van der Waals surface area contributed by atoms with Gasteiger partial charge in [0.25, 0.3) is 0 Å². The number of imidazole rings is 1. The van der Waals surface area contributed by atoms with Gasteiger partial charge < -0.3 is 13.7 Å². The third kappa shape index (κ3) is 2.57. The Labute approximate surface area is 126 Å². The van der Waals surface area contributed by atoms with Crippen molar-refractivity contribution in [1.82, 2.24) is 19.5 Å². The molecule has 3 aromatic heterocycles. The van der Waals surface area contributed by atoms with Crippen LogP contribution in [0.4, 0.5) is 0 Å². The summed E-state index contributed by atoms with van der Waals surface area (Å²) in [5.74, 6) is 0.841. The first-order valence-electron chi connectivity index (χ1n) is 7.08. The molecule has 7 nitrogen and oxygen atoms in total. The summed E-state index contributed by atoms with van der Waals surface area (Å²) in [6.45, 7) is 6.05. The lowest BCUT2D eigenvalue weighted by Crippen LogP contribution is -2.04. The Hall–Kier alpha value is -2.70. The molecule has 3 heterocycles. The van der Waals surface area contributed by atoms with Crippen LogP contribution >= 0.6 is 0 Å². The predicted molar refractivity (Wildman–Crippen MR) is 78.5 cm³/mol. The molecule has 0 aliphatic carbocycles. The Bertz CT molecular complexity index is 819. The lowest BCUT2D eigenvalue weighted by molar-refractivity contribution is 0.0520. The summed E-state index contributed by atoms with van der Waals surface area (Å²) >= 11 is 0. The number of hydrogen-bond donors (Lipinski definition) is 0. The van der Waals surface area contributed by atoms with E-state index in [1.165, 1.54) is 0 Å². The molecule has 0 aromatic carbocycles. The summed E-state index contributed by atoms with van der Waals surface area (Å²) in [5.41, 5.74) is 1.71. The molecule has 0 fully saturated rings. The van der Waals surface area contributed by atoms with Gasteiger partial charge in [-0.05, 0) is 19.1 Å². The van der Waals surface area contributed by atoms with Gasteiger partial charge in [0.15, 0.2) is 5.69 Å². The molecule has 0 amide bonds. The number of fused-ring (bicyclic) bond motifs is 1. The summed E-state index contributed by atoms with van der Waals surface area (Å²) in [4.78, 5) is 20.3. The lowest BCUT2D eigenvalue weighted by atomic mass is 10.2. The van der Waals surface area contributed by atoms with E-state index in [2.05, 4.69) is 15.1 Å². The number of ether oxygens (including phenoxy) is 1. The Balaban J connectivity index is 1.96. The fraction of sp³-hybridized carbons (Fsp3) is 0.333. The van der Waals surface area contributed by atoms with Crippen LogP contribution in [-0.2, 0) is 4.74 Å².